The summed E-state index contributed by atoms with van der Waals surface area (Å²) in [5.41, 5.74) is 5.74. The number of nitrogens with one attached hydrogen (secondary N) is 2. The lowest BCUT2D eigenvalue weighted by atomic mass is 10.3. The molecule has 8 nitrogen and oxygen atoms in total. The molecule has 1 fully saturated rings. The van der Waals surface area contributed by atoms with E-state index in [2.05, 4.69) is 15.6 Å². The van der Waals surface area contributed by atoms with Gasteiger partial charge in [0.05, 0.1) is 6.54 Å². The van der Waals surface area contributed by atoms with Crippen LogP contribution in [-0.4, -0.2) is 68.5 Å². The minimum absolute atomic E-state index is 0.0204. The first kappa shape index (κ1) is 15.5. The molecule has 4 N–H and O–H groups in total. The van der Waals surface area contributed by atoms with Gasteiger partial charge in [0.15, 0.2) is 5.13 Å². The Bertz CT molecular complexity index is 524. The molecule has 0 aromatic carbocycles. The zero-order valence-electron chi connectivity index (χ0n) is 12.2. The Morgan fingerprint density at radius 2 is 2.10 bits per heavy atom. The fourth-order valence-electron chi connectivity index (χ4n) is 1.94. The van der Waals surface area contributed by atoms with Gasteiger partial charge in [-0.1, -0.05) is 11.3 Å². The molecule has 1 aromatic rings. The van der Waals surface area contributed by atoms with Crippen LogP contribution in [0.25, 0.3) is 0 Å². The Hall–Kier alpha value is -1.87. The van der Waals surface area contributed by atoms with Gasteiger partial charge in [0.25, 0.3) is 5.91 Å². The second-order valence-corrected chi connectivity index (χ2v) is 5.90. The van der Waals surface area contributed by atoms with E-state index in [4.69, 9.17) is 5.73 Å². The van der Waals surface area contributed by atoms with Gasteiger partial charge >= 0.3 is 0 Å². The number of hydrogen-bond donors (Lipinski definition) is 3. The summed E-state index contributed by atoms with van der Waals surface area (Å²) in [5, 5.41) is 6.44. The Labute approximate surface area is 127 Å². The van der Waals surface area contributed by atoms with Crippen LogP contribution < -0.4 is 21.3 Å². The molecule has 0 atom stereocenters. The van der Waals surface area contributed by atoms with Crippen LogP contribution in [0, 0.1) is 0 Å². The van der Waals surface area contributed by atoms with E-state index in [0.717, 1.165) is 13.1 Å². The van der Waals surface area contributed by atoms with E-state index in [1.807, 2.05) is 14.1 Å². The van der Waals surface area contributed by atoms with Crippen LogP contribution in [0.4, 0.5) is 10.9 Å². The largest absolute Gasteiger partial charge is 0.382 e. The van der Waals surface area contributed by atoms with Crippen LogP contribution in [0.3, 0.4) is 0 Å². The van der Waals surface area contributed by atoms with Crippen LogP contribution in [-0.2, 0) is 4.79 Å². The van der Waals surface area contributed by atoms with Crippen molar-refractivity contribution in [2.45, 2.75) is 0 Å². The highest BCUT2D eigenvalue weighted by Gasteiger charge is 2.20. The maximum Gasteiger partial charge on any atom is 0.265 e. The second-order valence-electron chi connectivity index (χ2n) is 4.92. The van der Waals surface area contributed by atoms with Crippen molar-refractivity contribution in [3.05, 3.63) is 4.88 Å². The highest BCUT2D eigenvalue weighted by atomic mass is 32.1. The number of carbonyl (C=O) groups excluding carboxylic acids is 2. The van der Waals surface area contributed by atoms with Gasteiger partial charge in [-0.3, -0.25) is 9.59 Å². The van der Waals surface area contributed by atoms with Crippen LogP contribution in [0.2, 0.25) is 0 Å². The van der Waals surface area contributed by atoms with Gasteiger partial charge in [-0.25, -0.2) is 4.98 Å². The third-order valence-corrected chi connectivity index (χ3v) is 4.34. The van der Waals surface area contributed by atoms with Gasteiger partial charge in [-0.2, -0.15) is 0 Å². The van der Waals surface area contributed by atoms with Crippen molar-refractivity contribution in [3.63, 3.8) is 0 Å². The molecule has 2 rings (SSSR count). The maximum absolute atomic E-state index is 12.1. The second kappa shape index (κ2) is 6.72. The lowest BCUT2D eigenvalue weighted by Crippen LogP contribution is -2.49. The van der Waals surface area contributed by atoms with E-state index in [1.165, 1.54) is 11.3 Å². The van der Waals surface area contributed by atoms with E-state index < -0.39 is 0 Å². The monoisotopic (exact) mass is 312 g/mol. The number of thiazole rings is 1. The average molecular weight is 312 g/mol. The van der Waals surface area contributed by atoms with Crippen LogP contribution in [0.15, 0.2) is 0 Å². The van der Waals surface area contributed by atoms with Gasteiger partial charge in [0, 0.05) is 40.3 Å². The normalized spacial score (nSPS) is 14.9. The van der Waals surface area contributed by atoms with Crippen LogP contribution in [0.5, 0.6) is 0 Å². The molecule has 1 aliphatic rings. The number of aromatic nitrogens is 1. The van der Waals surface area contributed by atoms with Crippen molar-refractivity contribution < 1.29 is 9.59 Å². The average Bonchev–Trinajstić information content (AvgIpc) is 2.87. The highest BCUT2D eigenvalue weighted by Crippen LogP contribution is 2.26. The molecule has 1 aromatic heterocycles. The van der Waals surface area contributed by atoms with Crippen molar-refractivity contribution in [2.75, 3.05) is 57.5 Å². The summed E-state index contributed by atoms with van der Waals surface area (Å²) in [5.74, 6) is -0.252. The molecule has 116 valence electrons. The lowest BCUT2D eigenvalue weighted by Gasteiger charge is -2.27. The zero-order chi connectivity index (χ0) is 15.4. The first-order chi connectivity index (χ1) is 9.99. The fraction of sp³-hybridized carbons (Fsp3) is 0.583. The number of nitrogens with two attached hydrogens (primary N) is 1. The minimum Gasteiger partial charge on any atom is -0.382 e. The number of anilines is 2. The molecule has 1 aliphatic heterocycles. The molecular weight excluding hydrogens is 292 g/mol. The van der Waals surface area contributed by atoms with Gasteiger partial charge < -0.3 is 26.2 Å². The number of nitrogen functional groups attached to an aromatic ring is 1. The van der Waals surface area contributed by atoms with Crippen molar-refractivity contribution in [1.29, 1.82) is 0 Å². The van der Waals surface area contributed by atoms with E-state index in [-0.39, 0.29) is 24.2 Å². The number of piperazine rings is 1. The number of nitrogens with zero attached hydrogens (tertiary/aromatic N) is 3. The maximum atomic E-state index is 12.1. The molecule has 2 heterocycles. The van der Waals surface area contributed by atoms with E-state index in [1.54, 1.807) is 9.80 Å². The number of hydrogen-bond acceptors (Lipinski definition) is 7. The molecule has 0 saturated carbocycles. The van der Waals surface area contributed by atoms with E-state index in [0.29, 0.717) is 23.1 Å². The molecule has 9 heteroatoms. The summed E-state index contributed by atoms with van der Waals surface area (Å²) < 4.78 is 0. The van der Waals surface area contributed by atoms with Gasteiger partial charge in [-0.05, 0) is 0 Å². The van der Waals surface area contributed by atoms with Crippen LogP contribution in [0.1, 0.15) is 9.67 Å². The van der Waals surface area contributed by atoms with Gasteiger partial charge in [-0.15, -0.1) is 0 Å². The van der Waals surface area contributed by atoms with Crippen molar-refractivity contribution in [1.82, 2.24) is 20.5 Å². The number of rotatable bonds is 4. The van der Waals surface area contributed by atoms with E-state index >= 15 is 0 Å². The molecular formula is C12H20N6O2S. The van der Waals surface area contributed by atoms with Gasteiger partial charge in [0.1, 0.15) is 10.7 Å². The number of carbonyl (C=O) groups is 2. The quantitative estimate of drug-likeness (QED) is 0.656. The van der Waals surface area contributed by atoms with Crippen LogP contribution >= 0.6 is 11.3 Å². The molecule has 0 bridgehead atoms. The lowest BCUT2D eigenvalue weighted by molar-refractivity contribution is -0.130. The Morgan fingerprint density at radius 1 is 1.43 bits per heavy atom. The Balaban J connectivity index is 1.90. The molecule has 0 unspecified atom stereocenters. The summed E-state index contributed by atoms with van der Waals surface area (Å²) in [6.07, 6.45) is 0. The first-order valence-corrected chi connectivity index (χ1v) is 7.51. The minimum atomic E-state index is -0.360. The summed E-state index contributed by atoms with van der Waals surface area (Å²) in [4.78, 5) is 32.0. The molecule has 2 amide bonds. The third-order valence-electron chi connectivity index (χ3n) is 3.10. The number of amides is 2. The fourth-order valence-corrected chi connectivity index (χ4v) is 2.76. The van der Waals surface area contributed by atoms with Gasteiger partial charge in [0.2, 0.25) is 5.91 Å². The predicted octanol–water partition coefficient (Wildman–Crippen LogP) is -1.05. The Kier molecular flexibility index (Phi) is 4.97. The Morgan fingerprint density at radius 3 is 2.67 bits per heavy atom. The molecule has 0 spiro atoms. The first-order valence-electron chi connectivity index (χ1n) is 6.69. The smallest absolute Gasteiger partial charge is 0.265 e. The summed E-state index contributed by atoms with van der Waals surface area (Å²) in [6, 6.07) is 0. The topological polar surface area (TPSA) is 104 Å². The summed E-state index contributed by atoms with van der Waals surface area (Å²) in [7, 11) is 3.65. The van der Waals surface area contributed by atoms with E-state index in [9.17, 15) is 9.59 Å². The summed E-state index contributed by atoms with van der Waals surface area (Å²) in [6.45, 7) is 2.89. The van der Waals surface area contributed by atoms with Crippen molar-refractivity contribution in [2.24, 2.45) is 0 Å². The molecule has 0 aliphatic carbocycles. The third kappa shape index (κ3) is 3.82. The zero-order valence-corrected chi connectivity index (χ0v) is 13.0. The molecule has 0 radical (unpaired) electrons. The highest BCUT2D eigenvalue weighted by molar-refractivity contribution is 7.18. The summed E-state index contributed by atoms with van der Waals surface area (Å²) >= 11 is 1.21. The van der Waals surface area contributed by atoms with Crippen molar-refractivity contribution >= 4 is 34.1 Å². The molecule has 21 heavy (non-hydrogen) atoms. The van der Waals surface area contributed by atoms with Crippen molar-refractivity contribution in [3.8, 4) is 0 Å². The SMILES string of the molecule is CN(C)c1nc(N)c(C(=O)NCC(=O)N2CCNCC2)s1. The standard InChI is InChI=1S/C12H20N6O2S/c1-17(2)12-16-10(13)9(21-12)11(20)15-7-8(19)18-5-3-14-4-6-18/h14H,3-7,13H2,1-2H3,(H,15,20). The molecule has 1 saturated heterocycles. The predicted molar refractivity (Wildman–Crippen MR) is 82.6 cm³/mol.